The zero-order valence-electron chi connectivity index (χ0n) is 10.4. The lowest BCUT2D eigenvalue weighted by atomic mass is 10.2. The fourth-order valence-corrected chi connectivity index (χ4v) is 2.02. The predicted molar refractivity (Wildman–Crippen MR) is 68.2 cm³/mol. The van der Waals surface area contributed by atoms with Crippen LogP contribution in [0.4, 0.5) is 17.6 Å². The first-order chi connectivity index (χ1) is 9.94. The van der Waals surface area contributed by atoms with Gasteiger partial charge in [-0.05, 0) is 24.3 Å². The molecule has 0 aliphatic rings. The second-order valence-corrected chi connectivity index (χ2v) is 4.26. The zero-order valence-corrected chi connectivity index (χ0v) is 10.4. The molecular formula is C14H8F4N2O. The highest BCUT2D eigenvalue weighted by molar-refractivity contribution is 5.80. The molecule has 0 saturated carbocycles. The molecule has 0 unspecified atom stereocenters. The first-order valence-electron chi connectivity index (χ1n) is 5.93. The molecule has 3 aromatic rings. The summed E-state index contributed by atoms with van der Waals surface area (Å²) in [6.45, 7) is 0. The van der Waals surface area contributed by atoms with E-state index in [2.05, 4.69) is 14.7 Å². The summed E-state index contributed by atoms with van der Waals surface area (Å²) in [5.74, 6) is -1.51. The average Bonchev–Trinajstić information content (AvgIpc) is 2.80. The summed E-state index contributed by atoms with van der Waals surface area (Å²) in [7, 11) is 0. The molecule has 2 aromatic carbocycles. The van der Waals surface area contributed by atoms with Crippen LogP contribution in [-0.4, -0.2) is 16.3 Å². The summed E-state index contributed by atoms with van der Waals surface area (Å²) in [5.41, 5.74) is 0.758. The Morgan fingerprint density at radius 2 is 1.76 bits per heavy atom. The minimum absolute atomic E-state index is 0.0199. The lowest BCUT2D eigenvalue weighted by molar-refractivity contribution is -0.274. The third kappa shape index (κ3) is 2.67. The Hall–Kier alpha value is -2.57. The van der Waals surface area contributed by atoms with Crippen molar-refractivity contribution in [3.8, 4) is 17.1 Å². The molecule has 0 fully saturated rings. The van der Waals surface area contributed by atoms with E-state index in [9.17, 15) is 17.6 Å². The SMILES string of the molecule is Fc1cccc(OC(F)(F)F)c1-c1nc2ccccc2[nH]1. The van der Waals surface area contributed by atoms with Crippen LogP contribution >= 0.6 is 0 Å². The Morgan fingerprint density at radius 1 is 1.00 bits per heavy atom. The van der Waals surface area contributed by atoms with Crippen LogP contribution in [0.25, 0.3) is 22.4 Å². The Labute approximate surface area is 116 Å². The van der Waals surface area contributed by atoms with Gasteiger partial charge in [-0.2, -0.15) is 0 Å². The standard InChI is InChI=1S/C14H8F4N2O/c15-8-4-3-7-11(21-14(16,17)18)12(8)13-19-9-5-1-2-6-10(9)20-13/h1-7H,(H,19,20). The molecule has 0 bridgehead atoms. The maximum atomic E-state index is 13.9. The van der Waals surface area contributed by atoms with Crippen LogP contribution in [0, 0.1) is 5.82 Å². The molecular weight excluding hydrogens is 288 g/mol. The number of imidazole rings is 1. The van der Waals surface area contributed by atoms with Gasteiger partial charge in [0, 0.05) is 0 Å². The van der Waals surface area contributed by atoms with Gasteiger partial charge in [-0.25, -0.2) is 9.37 Å². The number of H-pyrrole nitrogens is 1. The molecule has 108 valence electrons. The van der Waals surface area contributed by atoms with Gasteiger partial charge in [0.2, 0.25) is 0 Å². The molecule has 7 heteroatoms. The molecule has 21 heavy (non-hydrogen) atoms. The van der Waals surface area contributed by atoms with Crippen molar-refractivity contribution in [3.05, 3.63) is 48.3 Å². The molecule has 0 atom stereocenters. The van der Waals surface area contributed by atoms with E-state index in [0.717, 1.165) is 18.2 Å². The number of hydrogen-bond donors (Lipinski definition) is 1. The van der Waals surface area contributed by atoms with Gasteiger partial charge in [0.25, 0.3) is 0 Å². The fourth-order valence-electron chi connectivity index (χ4n) is 2.02. The number of halogens is 4. The van der Waals surface area contributed by atoms with Crippen LogP contribution in [-0.2, 0) is 0 Å². The number of rotatable bonds is 2. The van der Waals surface area contributed by atoms with Gasteiger partial charge >= 0.3 is 6.36 Å². The number of aromatic amines is 1. The molecule has 0 spiro atoms. The lowest BCUT2D eigenvalue weighted by Crippen LogP contribution is -2.18. The van der Waals surface area contributed by atoms with Crippen molar-refractivity contribution in [1.29, 1.82) is 0 Å². The second-order valence-electron chi connectivity index (χ2n) is 4.26. The van der Waals surface area contributed by atoms with Gasteiger partial charge < -0.3 is 9.72 Å². The van der Waals surface area contributed by atoms with E-state index in [1.54, 1.807) is 24.3 Å². The van der Waals surface area contributed by atoms with Gasteiger partial charge in [-0.3, -0.25) is 0 Å². The highest BCUT2D eigenvalue weighted by Crippen LogP contribution is 2.35. The molecule has 3 nitrogen and oxygen atoms in total. The van der Waals surface area contributed by atoms with E-state index in [0.29, 0.717) is 11.0 Å². The molecule has 0 radical (unpaired) electrons. The molecule has 1 aromatic heterocycles. The predicted octanol–water partition coefficient (Wildman–Crippen LogP) is 4.27. The van der Waals surface area contributed by atoms with Gasteiger partial charge in [0.15, 0.2) is 0 Å². The monoisotopic (exact) mass is 296 g/mol. The maximum Gasteiger partial charge on any atom is 0.573 e. The molecule has 1 heterocycles. The van der Waals surface area contributed by atoms with E-state index < -0.39 is 17.9 Å². The smallest absolute Gasteiger partial charge is 0.405 e. The Morgan fingerprint density at radius 3 is 2.48 bits per heavy atom. The van der Waals surface area contributed by atoms with E-state index >= 15 is 0 Å². The minimum atomic E-state index is -4.91. The van der Waals surface area contributed by atoms with Crippen LogP contribution in [0.2, 0.25) is 0 Å². The number of fused-ring (bicyclic) bond motifs is 1. The molecule has 0 aliphatic carbocycles. The zero-order chi connectivity index (χ0) is 15.0. The number of alkyl halides is 3. The van der Waals surface area contributed by atoms with Gasteiger partial charge in [0.1, 0.15) is 17.4 Å². The van der Waals surface area contributed by atoms with Crippen molar-refractivity contribution in [2.24, 2.45) is 0 Å². The summed E-state index contributed by atoms with van der Waals surface area (Å²) in [5, 5.41) is 0. The van der Waals surface area contributed by atoms with Crippen molar-refractivity contribution >= 4 is 11.0 Å². The number of ether oxygens (including phenoxy) is 1. The first kappa shape index (κ1) is 13.4. The Kier molecular flexibility index (Phi) is 3.04. The normalized spacial score (nSPS) is 11.8. The van der Waals surface area contributed by atoms with Crippen LogP contribution in [0.15, 0.2) is 42.5 Å². The van der Waals surface area contributed by atoms with Crippen molar-refractivity contribution in [1.82, 2.24) is 9.97 Å². The minimum Gasteiger partial charge on any atom is -0.405 e. The largest absolute Gasteiger partial charge is 0.573 e. The van der Waals surface area contributed by atoms with Crippen LogP contribution < -0.4 is 4.74 Å². The third-order valence-electron chi connectivity index (χ3n) is 2.83. The number of para-hydroxylation sites is 2. The second kappa shape index (κ2) is 4.76. The van der Waals surface area contributed by atoms with Crippen molar-refractivity contribution < 1.29 is 22.3 Å². The summed E-state index contributed by atoms with van der Waals surface area (Å²) in [6.07, 6.45) is -4.91. The van der Waals surface area contributed by atoms with Crippen molar-refractivity contribution in [3.63, 3.8) is 0 Å². The van der Waals surface area contributed by atoms with Crippen LogP contribution in [0.1, 0.15) is 0 Å². The lowest BCUT2D eigenvalue weighted by Gasteiger charge is -2.12. The number of hydrogen-bond acceptors (Lipinski definition) is 2. The van der Waals surface area contributed by atoms with E-state index in [-0.39, 0.29) is 11.4 Å². The number of nitrogens with zero attached hydrogens (tertiary/aromatic N) is 1. The first-order valence-corrected chi connectivity index (χ1v) is 5.93. The van der Waals surface area contributed by atoms with Crippen LogP contribution in [0.5, 0.6) is 5.75 Å². The summed E-state index contributed by atoms with van der Waals surface area (Å²) < 4.78 is 55.0. The average molecular weight is 296 g/mol. The number of aromatic nitrogens is 2. The number of benzene rings is 2. The molecule has 3 rings (SSSR count). The highest BCUT2D eigenvalue weighted by atomic mass is 19.4. The van der Waals surface area contributed by atoms with E-state index in [1.165, 1.54) is 0 Å². The summed E-state index contributed by atoms with van der Waals surface area (Å²) >= 11 is 0. The van der Waals surface area contributed by atoms with Gasteiger partial charge in [0.05, 0.1) is 16.6 Å². The number of nitrogens with one attached hydrogen (secondary N) is 1. The summed E-state index contributed by atoms with van der Waals surface area (Å²) in [6, 6.07) is 10.0. The van der Waals surface area contributed by atoms with Gasteiger partial charge in [-0.15, -0.1) is 13.2 Å². The van der Waals surface area contributed by atoms with E-state index in [1.807, 2.05) is 0 Å². The van der Waals surface area contributed by atoms with E-state index in [4.69, 9.17) is 0 Å². The molecule has 0 amide bonds. The van der Waals surface area contributed by atoms with Crippen molar-refractivity contribution in [2.45, 2.75) is 6.36 Å². The third-order valence-corrected chi connectivity index (χ3v) is 2.83. The maximum absolute atomic E-state index is 13.9. The fraction of sp³-hybridized carbons (Fsp3) is 0.0714. The van der Waals surface area contributed by atoms with Crippen molar-refractivity contribution in [2.75, 3.05) is 0 Å². The molecule has 0 aliphatic heterocycles. The van der Waals surface area contributed by atoms with Gasteiger partial charge in [-0.1, -0.05) is 18.2 Å². The highest BCUT2D eigenvalue weighted by Gasteiger charge is 2.33. The summed E-state index contributed by atoms with van der Waals surface area (Å²) in [4.78, 5) is 6.87. The Balaban J connectivity index is 2.16. The molecule has 0 saturated heterocycles. The topological polar surface area (TPSA) is 37.9 Å². The quantitative estimate of drug-likeness (QED) is 0.717. The van der Waals surface area contributed by atoms with Crippen LogP contribution in [0.3, 0.4) is 0 Å². The molecule has 1 N–H and O–H groups in total. The Bertz CT molecular complexity index is 762.